The smallest absolute Gasteiger partial charge is 0.256 e. The van der Waals surface area contributed by atoms with Gasteiger partial charge in [-0.1, -0.05) is 12.8 Å². The highest BCUT2D eigenvalue weighted by molar-refractivity contribution is 7.90. The van der Waals surface area contributed by atoms with E-state index in [4.69, 9.17) is 10.5 Å². The summed E-state index contributed by atoms with van der Waals surface area (Å²) in [5, 5.41) is 4.04. The molecule has 31 heavy (non-hydrogen) atoms. The monoisotopic (exact) mass is 452 g/mol. The highest BCUT2D eigenvalue weighted by Gasteiger charge is 2.38. The zero-order chi connectivity index (χ0) is 21.8. The molecule has 7 nitrogen and oxygen atoms in total. The lowest BCUT2D eigenvalue weighted by Gasteiger charge is -2.38. The van der Waals surface area contributed by atoms with Gasteiger partial charge in [-0.05, 0) is 37.5 Å². The van der Waals surface area contributed by atoms with Crippen molar-refractivity contribution in [1.82, 2.24) is 14.1 Å². The van der Waals surface area contributed by atoms with Gasteiger partial charge in [0.25, 0.3) is 10.0 Å². The van der Waals surface area contributed by atoms with Crippen LogP contribution in [-0.2, 0) is 27.8 Å². The summed E-state index contributed by atoms with van der Waals surface area (Å²) < 4.78 is 60.3. The Labute approximate surface area is 180 Å². The highest BCUT2D eigenvalue weighted by Crippen LogP contribution is 2.34. The third kappa shape index (κ3) is 3.79. The molecule has 5 rings (SSSR count). The second-order valence-corrected chi connectivity index (χ2v) is 10.9. The molecule has 3 heterocycles. The molecule has 1 saturated heterocycles. The number of hydrogen-bond donors (Lipinski definition) is 1. The molecule has 0 bridgehead atoms. The van der Waals surface area contributed by atoms with E-state index in [0.717, 1.165) is 46.4 Å². The number of ether oxygens (including phenoxy) is 1. The number of fused-ring (bicyclic) bond motifs is 1. The molecular formula is C21H26F2N4O3S. The number of nitrogens with zero attached hydrogens (tertiary/aromatic N) is 3. The van der Waals surface area contributed by atoms with Crippen LogP contribution in [0.1, 0.15) is 55.0 Å². The molecule has 1 aromatic heterocycles. The van der Waals surface area contributed by atoms with Crippen molar-refractivity contribution in [2.45, 2.75) is 68.6 Å². The third-order valence-corrected chi connectivity index (χ3v) is 8.77. The topological polar surface area (TPSA) is 90.5 Å². The summed E-state index contributed by atoms with van der Waals surface area (Å²) in [6, 6.07) is 2.82. The molecule has 0 amide bonds. The number of nitrogens with two attached hydrogens (primary N) is 1. The molecule has 1 unspecified atom stereocenters. The largest absolute Gasteiger partial charge is 0.370 e. The van der Waals surface area contributed by atoms with Crippen molar-refractivity contribution in [3.8, 4) is 0 Å². The van der Waals surface area contributed by atoms with Crippen molar-refractivity contribution in [1.29, 1.82) is 0 Å². The molecule has 168 valence electrons. The minimum atomic E-state index is -3.44. The maximum atomic E-state index is 14.1. The first-order valence-electron chi connectivity index (χ1n) is 10.7. The molecule has 2 fully saturated rings. The molecule has 1 aliphatic carbocycles. The fraction of sp³-hybridized carbons (Fsp3) is 0.571. The number of halogens is 2. The minimum absolute atomic E-state index is 0.00282. The lowest BCUT2D eigenvalue weighted by atomic mass is 9.93. The number of rotatable bonds is 4. The second-order valence-electron chi connectivity index (χ2n) is 8.80. The van der Waals surface area contributed by atoms with Crippen molar-refractivity contribution in [2.75, 3.05) is 6.61 Å². The van der Waals surface area contributed by atoms with Crippen LogP contribution in [0.15, 0.2) is 24.4 Å². The summed E-state index contributed by atoms with van der Waals surface area (Å²) in [5.74, 6) is -1.05. The predicted octanol–water partition coefficient (Wildman–Crippen LogP) is 2.45. The van der Waals surface area contributed by atoms with Crippen LogP contribution in [0.3, 0.4) is 0 Å². The van der Waals surface area contributed by atoms with Crippen LogP contribution in [0.25, 0.3) is 0 Å². The van der Waals surface area contributed by atoms with E-state index in [0.29, 0.717) is 39.0 Å². The first kappa shape index (κ1) is 21.0. The molecule has 0 spiro atoms. The summed E-state index contributed by atoms with van der Waals surface area (Å²) >= 11 is 0. The Kier molecular flexibility index (Phi) is 5.36. The maximum Gasteiger partial charge on any atom is 0.256 e. The Bertz CT molecular complexity index is 1060. The van der Waals surface area contributed by atoms with Crippen LogP contribution in [0.2, 0.25) is 0 Å². The number of benzene rings is 1. The summed E-state index contributed by atoms with van der Waals surface area (Å²) in [6.45, 7) is 1.41. The van der Waals surface area contributed by atoms with Crippen molar-refractivity contribution in [3.63, 3.8) is 0 Å². The van der Waals surface area contributed by atoms with Crippen molar-refractivity contribution in [3.05, 3.63) is 52.9 Å². The summed E-state index contributed by atoms with van der Waals surface area (Å²) in [6.07, 6.45) is 4.79. The lowest BCUT2D eigenvalue weighted by molar-refractivity contribution is -0.0533. The summed E-state index contributed by atoms with van der Waals surface area (Å²) in [4.78, 5) is 2.15. The van der Waals surface area contributed by atoms with Crippen LogP contribution in [0, 0.1) is 11.6 Å². The van der Waals surface area contributed by atoms with Gasteiger partial charge in [0.05, 0.1) is 17.6 Å². The average Bonchev–Trinajstić information content (AvgIpc) is 3.46. The van der Waals surface area contributed by atoms with Gasteiger partial charge >= 0.3 is 0 Å². The van der Waals surface area contributed by atoms with Crippen molar-refractivity contribution in [2.24, 2.45) is 5.73 Å². The second kappa shape index (κ2) is 7.91. The van der Waals surface area contributed by atoms with Crippen LogP contribution in [-0.4, -0.2) is 46.4 Å². The third-order valence-electron chi connectivity index (χ3n) is 6.75. The first-order chi connectivity index (χ1) is 14.8. The molecule has 10 heteroatoms. The normalized spacial score (nSPS) is 27.6. The van der Waals surface area contributed by atoms with E-state index < -0.39 is 33.8 Å². The molecule has 2 N–H and O–H groups in total. The summed E-state index contributed by atoms with van der Waals surface area (Å²) in [5.41, 5.74) is 8.08. The molecule has 0 radical (unpaired) electrons. The van der Waals surface area contributed by atoms with Crippen molar-refractivity contribution < 1.29 is 21.9 Å². The zero-order valence-corrected chi connectivity index (χ0v) is 17.9. The van der Waals surface area contributed by atoms with E-state index in [2.05, 4.69) is 10.00 Å². The Hall–Kier alpha value is -1.88. The fourth-order valence-electron chi connectivity index (χ4n) is 5.03. The average molecular weight is 453 g/mol. The first-order valence-corrected chi connectivity index (χ1v) is 12.2. The lowest BCUT2D eigenvalue weighted by Crippen LogP contribution is -2.47. The molecule has 1 aromatic carbocycles. The Morgan fingerprint density at radius 2 is 1.94 bits per heavy atom. The van der Waals surface area contributed by atoms with Gasteiger partial charge in [0.2, 0.25) is 0 Å². The van der Waals surface area contributed by atoms with Gasteiger partial charge in [-0.25, -0.2) is 17.2 Å². The van der Waals surface area contributed by atoms with E-state index in [1.807, 2.05) is 0 Å². The molecule has 2 aliphatic heterocycles. The van der Waals surface area contributed by atoms with Crippen LogP contribution in [0.4, 0.5) is 8.78 Å². The Morgan fingerprint density at radius 3 is 2.65 bits per heavy atom. The van der Waals surface area contributed by atoms with Crippen LogP contribution in [0.5, 0.6) is 0 Å². The maximum absolute atomic E-state index is 14.1. The van der Waals surface area contributed by atoms with Crippen LogP contribution < -0.4 is 5.73 Å². The van der Waals surface area contributed by atoms with E-state index in [1.165, 1.54) is 0 Å². The molecule has 1 saturated carbocycles. The molecule has 2 aromatic rings. The zero-order valence-electron chi connectivity index (χ0n) is 17.1. The van der Waals surface area contributed by atoms with Gasteiger partial charge < -0.3 is 10.5 Å². The quantitative estimate of drug-likeness (QED) is 0.767. The van der Waals surface area contributed by atoms with Gasteiger partial charge in [-0.2, -0.15) is 9.19 Å². The van der Waals surface area contributed by atoms with E-state index in [-0.39, 0.29) is 16.9 Å². The molecule has 3 atom stereocenters. The Morgan fingerprint density at radius 1 is 1.16 bits per heavy atom. The standard InChI is InChI=1S/C21H26F2N4O3S/c22-14-5-6-18(23)17(7-14)21-19(24)8-15(12-30-21)26-9-13-10-27(25-20(13)11-26)31(28,29)16-3-1-2-4-16/h5-7,10,15-16,19,21H,1-4,8-9,11-12,24H2/t15?,19-,21+/m0/s1. The van der Waals surface area contributed by atoms with E-state index >= 15 is 0 Å². The van der Waals surface area contributed by atoms with Gasteiger partial charge in [0, 0.05) is 42.5 Å². The van der Waals surface area contributed by atoms with Gasteiger partial charge in [0.1, 0.15) is 17.7 Å². The van der Waals surface area contributed by atoms with E-state index in [1.54, 1.807) is 6.20 Å². The SMILES string of the molecule is N[C@H]1CC(N2Cc3cn(S(=O)(=O)C4CCCC4)nc3C2)CO[C@@H]1c1cc(F)ccc1F. The number of hydrogen-bond acceptors (Lipinski definition) is 6. The van der Waals surface area contributed by atoms with Crippen molar-refractivity contribution >= 4 is 10.0 Å². The fourth-order valence-corrected chi connectivity index (χ4v) is 6.75. The minimum Gasteiger partial charge on any atom is -0.370 e. The molecular weight excluding hydrogens is 426 g/mol. The van der Waals surface area contributed by atoms with Gasteiger partial charge in [0.15, 0.2) is 0 Å². The van der Waals surface area contributed by atoms with Crippen LogP contribution >= 0.6 is 0 Å². The van der Waals surface area contributed by atoms with E-state index in [9.17, 15) is 17.2 Å². The highest BCUT2D eigenvalue weighted by atomic mass is 32.2. The predicted molar refractivity (Wildman–Crippen MR) is 109 cm³/mol. The summed E-state index contributed by atoms with van der Waals surface area (Å²) in [7, 11) is -3.44. The van der Waals surface area contributed by atoms with Gasteiger partial charge in [-0.15, -0.1) is 0 Å². The Balaban J connectivity index is 1.25. The molecule has 3 aliphatic rings. The number of aromatic nitrogens is 2. The van der Waals surface area contributed by atoms with Gasteiger partial charge in [-0.3, -0.25) is 4.90 Å².